The largest absolute Gasteiger partial charge is 0.497 e. The molecule has 0 fully saturated rings. The third-order valence-electron chi connectivity index (χ3n) is 2.35. The van der Waals surface area contributed by atoms with Gasteiger partial charge in [-0.3, -0.25) is 4.79 Å². The molecule has 0 aliphatic heterocycles. The minimum atomic E-state index is -5.74. The first-order chi connectivity index (χ1) is 9.46. The normalized spacial score (nSPS) is 12.4. The predicted molar refractivity (Wildman–Crippen MR) is 64.9 cm³/mol. The maximum Gasteiger partial charge on any atom is 0.409 e. The van der Waals surface area contributed by atoms with Gasteiger partial charge in [0.05, 0.1) is 12.8 Å². The van der Waals surface area contributed by atoms with E-state index < -0.39 is 24.2 Å². The Morgan fingerprint density at radius 1 is 1.19 bits per heavy atom. The van der Waals surface area contributed by atoms with Crippen LogP contribution in [0.15, 0.2) is 22.7 Å². The van der Waals surface area contributed by atoms with E-state index in [4.69, 9.17) is 4.74 Å². The molecule has 0 heterocycles. The fourth-order valence-corrected chi connectivity index (χ4v) is 1.76. The van der Waals surface area contributed by atoms with Crippen molar-refractivity contribution in [1.82, 2.24) is 0 Å². The predicted octanol–water partition coefficient (Wildman–Crippen LogP) is 4.14. The maximum absolute atomic E-state index is 12.4. The van der Waals surface area contributed by atoms with Crippen molar-refractivity contribution >= 4 is 27.5 Å². The molecule has 0 aliphatic carbocycles. The summed E-state index contributed by atoms with van der Waals surface area (Å²) in [6.45, 7) is 0. The van der Waals surface area contributed by atoms with Gasteiger partial charge in [-0.25, -0.2) is 0 Å². The average Bonchev–Trinajstić information content (AvgIpc) is 2.28. The third kappa shape index (κ3) is 4.51. The van der Waals surface area contributed by atoms with Crippen LogP contribution in [-0.2, 0) is 4.79 Å². The number of carbonyl (C=O) groups excluding carboxylic acids is 1. The van der Waals surface area contributed by atoms with Gasteiger partial charge in [-0.15, -0.1) is 0 Å². The zero-order valence-electron chi connectivity index (χ0n) is 10.3. The quantitative estimate of drug-likeness (QED) is 0.801. The van der Waals surface area contributed by atoms with E-state index in [9.17, 15) is 31.1 Å². The molecule has 1 N–H and O–H groups in total. The van der Waals surface area contributed by atoms with Crippen LogP contribution in [0, 0.1) is 5.92 Å². The first kappa shape index (κ1) is 17.6. The monoisotopic (exact) mass is 379 g/mol. The summed E-state index contributed by atoms with van der Waals surface area (Å²) in [5, 5.41) is 1.59. The van der Waals surface area contributed by atoms with Gasteiger partial charge < -0.3 is 10.1 Å². The number of rotatable bonds is 3. The Bertz CT molecular complexity index is 514. The highest BCUT2D eigenvalue weighted by atomic mass is 79.9. The topological polar surface area (TPSA) is 38.3 Å². The average molecular weight is 380 g/mol. The van der Waals surface area contributed by atoms with Gasteiger partial charge in [0.15, 0.2) is 0 Å². The number of ether oxygens (including phenoxy) is 1. The van der Waals surface area contributed by atoms with E-state index in [-0.39, 0.29) is 15.9 Å². The lowest BCUT2D eigenvalue weighted by molar-refractivity contribution is -0.272. The molecular formula is C11H8BrF6NO2. The van der Waals surface area contributed by atoms with Crippen LogP contribution in [0.4, 0.5) is 32.0 Å². The van der Waals surface area contributed by atoms with Crippen LogP contribution in [-0.4, -0.2) is 25.4 Å². The molecular weight excluding hydrogens is 372 g/mol. The van der Waals surface area contributed by atoms with Crippen LogP contribution in [0.25, 0.3) is 0 Å². The second-order valence-electron chi connectivity index (χ2n) is 3.85. The summed E-state index contributed by atoms with van der Waals surface area (Å²) in [6.07, 6.45) is -11.5. The van der Waals surface area contributed by atoms with E-state index in [0.717, 1.165) is 6.07 Å². The molecule has 0 aromatic heterocycles. The fourth-order valence-electron chi connectivity index (χ4n) is 1.41. The Kier molecular flexibility index (Phi) is 5.13. The van der Waals surface area contributed by atoms with Crippen LogP contribution in [0.2, 0.25) is 0 Å². The molecule has 10 heteroatoms. The first-order valence-corrected chi connectivity index (χ1v) is 6.04. The number of amides is 1. The van der Waals surface area contributed by atoms with Gasteiger partial charge in [0.1, 0.15) is 5.75 Å². The molecule has 118 valence electrons. The highest BCUT2D eigenvalue weighted by molar-refractivity contribution is 9.10. The van der Waals surface area contributed by atoms with Crippen molar-refractivity contribution in [2.45, 2.75) is 12.4 Å². The molecule has 0 unspecified atom stereocenters. The second kappa shape index (κ2) is 6.12. The number of methoxy groups -OCH3 is 1. The van der Waals surface area contributed by atoms with Crippen molar-refractivity contribution in [3.05, 3.63) is 22.7 Å². The highest BCUT2D eigenvalue weighted by Crippen LogP contribution is 2.40. The minimum absolute atomic E-state index is 0.111. The molecule has 0 atom stereocenters. The number of hydrogen-bond acceptors (Lipinski definition) is 2. The fraction of sp³-hybridized carbons (Fsp3) is 0.364. The number of halogens is 7. The van der Waals surface area contributed by atoms with Crippen molar-refractivity contribution in [2.75, 3.05) is 12.4 Å². The molecule has 1 amide bonds. The van der Waals surface area contributed by atoms with Crippen molar-refractivity contribution in [3.63, 3.8) is 0 Å². The van der Waals surface area contributed by atoms with E-state index in [1.807, 2.05) is 0 Å². The molecule has 0 saturated carbocycles. The number of hydrogen-bond donors (Lipinski definition) is 1. The Labute approximate surface area is 123 Å². The van der Waals surface area contributed by atoms with Gasteiger partial charge in [-0.1, -0.05) is 0 Å². The SMILES string of the molecule is COc1ccc(Br)c(NC(=O)C(C(F)(F)F)C(F)(F)F)c1. The van der Waals surface area contributed by atoms with E-state index in [0.29, 0.717) is 0 Å². The van der Waals surface area contributed by atoms with Gasteiger partial charge in [-0.05, 0) is 28.1 Å². The summed E-state index contributed by atoms with van der Waals surface area (Å²) in [7, 11) is 1.25. The number of alkyl halides is 6. The Balaban J connectivity index is 3.08. The Hall–Kier alpha value is -1.45. The molecule has 0 radical (unpaired) electrons. The molecule has 1 aromatic carbocycles. The highest BCUT2D eigenvalue weighted by Gasteiger charge is 2.61. The first-order valence-electron chi connectivity index (χ1n) is 5.24. The van der Waals surface area contributed by atoms with Gasteiger partial charge in [0.25, 0.3) is 0 Å². The number of nitrogens with one attached hydrogen (secondary N) is 1. The molecule has 0 aliphatic rings. The lowest BCUT2D eigenvalue weighted by Crippen LogP contribution is -2.45. The van der Waals surface area contributed by atoms with Crippen LogP contribution in [0.1, 0.15) is 0 Å². The Morgan fingerprint density at radius 2 is 1.71 bits per heavy atom. The summed E-state index contributed by atoms with van der Waals surface area (Å²) in [6, 6.07) is 3.81. The summed E-state index contributed by atoms with van der Waals surface area (Å²) in [5.74, 6) is -6.17. The van der Waals surface area contributed by atoms with E-state index in [1.54, 1.807) is 5.32 Å². The molecule has 0 spiro atoms. The van der Waals surface area contributed by atoms with Crippen molar-refractivity contribution in [2.24, 2.45) is 5.92 Å². The summed E-state index contributed by atoms with van der Waals surface area (Å²) >= 11 is 2.91. The van der Waals surface area contributed by atoms with E-state index in [2.05, 4.69) is 15.9 Å². The third-order valence-corrected chi connectivity index (χ3v) is 3.04. The minimum Gasteiger partial charge on any atom is -0.497 e. The van der Waals surface area contributed by atoms with Crippen LogP contribution in [0.3, 0.4) is 0 Å². The molecule has 1 aromatic rings. The second-order valence-corrected chi connectivity index (χ2v) is 4.71. The molecule has 1 rings (SSSR count). The zero-order chi connectivity index (χ0) is 16.4. The number of carbonyl (C=O) groups is 1. The summed E-state index contributed by atoms with van der Waals surface area (Å²) in [5.41, 5.74) is -0.266. The van der Waals surface area contributed by atoms with Crippen molar-refractivity contribution in [3.8, 4) is 5.75 Å². The molecule has 21 heavy (non-hydrogen) atoms. The van der Waals surface area contributed by atoms with Gasteiger partial charge in [0.2, 0.25) is 11.8 Å². The van der Waals surface area contributed by atoms with Gasteiger partial charge in [0, 0.05) is 10.5 Å². The van der Waals surface area contributed by atoms with Crippen LogP contribution in [0.5, 0.6) is 5.75 Å². The zero-order valence-corrected chi connectivity index (χ0v) is 11.9. The smallest absolute Gasteiger partial charge is 0.409 e. The summed E-state index contributed by atoms with van der Waals surface area (Å²) in [4.78, 5) is 11.3. The van der Waals surface area contributed by atoms with Crippen molar-refractivity contribution < 1.29 is 35.9 Å². The summed E-state index contributed by atoms with van der Waals surface area (Å²) < 4.78 is 79.3. The Morgan fingerprint density at radius 3 is 2.14 bits per heavy atom. The van der Waals surface area contributed by atoms with E-state index >= 15 is 0 Å². The van der Waals surface area contributed by atoms with Gasteiger partial charge >= 0.3 is 12.4 Å². The molecule has 0 bridgehead atoms. The molecule has 3 nitrogen and oxygen atoms in total. The lowest BCUT2D eigenvalue weighted by Gasteiger charge is -2.22. The standard InChI is InChI=1S/C11H8BrF6NO2/c1-21-5-2-3-6(12)7(4-5)19-9(20)8(10(13,14)15)11(16,17)18/h2-4,8H,1H3,(H,19,20). The number of anilines is 1. The number of benzene rings is 1. The van der Waals surface area contributed by atoms with Crippen molar-refractivity contribution in [1.29, 1.82) is 0 Å². The molecule has 0 saturated heterocycles. The lowest BCUT2D eigenvalue weighted by atomic mass is 10.1. The van der Waals surface area contributed by atoms with Crippen LogP contribution >= 0.6 is 15.9 Å². The maximum atomic E-state index is 12.4. The van der Waals surface area contributed by atoms with Gasteiger partial charge in [-0.2, -0.15) is 26.3 Å². The van der Waals surface area contributed by atoms with E-state index in [1.165, 1.54) is 19.2 Å². The van der Waals surface area contributed by atoms with Crippen LogP contribution < -0.4 is 10.1 Å².